The van der Waals surface area contributed by atoms with Gasteiger partial charge in [0.25, 0.3) is 0 Å². The van der Waals surface area contributed by atoms with Crippen LogP contribution in [0.2, 0.25) is 0 Å². The molecule has 74 valence electrons. The fourth-order valence-corrected chi connectivity index (χ4v) is 1.10. The van der Waals surface area contributed by atoms with Gasteiger partial charge in [-0.1, -0.05) is 18.2 Å². The van der Waals surface area contributed by atoms with Gasteiger partial charge in [-0.25, -0.2) is 4.79 Å². The van der Waals surface area contributed by atoms with Crippen LogP contribution in [0.25, 0.3) is 0 Å². The lowest BCUT2D eigenvalue weighted by molar-refractivity contribution is -0.138. The Balaban J connectivity index is 3.19. The SMILES string of the molecule is NC(C(=O)O)c1ccccc1C(=O)O. The summed E-state index contributed by atoms with van der Waals surface area (Å²) in [4.78, 5) is 21.3. The Bertz CT molecular complexity index is 375. The van der Waals surface area contributed by atoms with E-state index in [1.54, 1.807) is 6.07 Å². The van der Waals surface area contributed by atoms with Crippen LogP contribution in [0.15, 0.2) is 24.3 Å². The quantitative estimate of drug-likeness (QED) is 0.650. The Kier molecular flexibility index (Phi) is 2.83. The summed E-state index contributed by atoms with van der Waals surface area (Å²) in [6, 6.07) is 4.47. The summed E-state index contributed by atoms with van der Waals surface area (Å²) >= 11 is 0. The van der Waals surface area contributed by atoms with Gasteiger partial charge >= 0.3 is 11.9 Å². The van der Waals surface area contributed by atoms with Crippen LogP contribution in [0.3, 0.4) is 0 Å². The first kappa shape index (κ1) is 10.2. The van der Waals surface area contributed by atoms with Crippen LogP contribution >= 0.6 is 0 Å². The lowest BCUT2D eigenvalue weighted by atomic mass is 10.0. The number of carboxylic acids is 2. The molecule has 0 heterocycles. The minimum absolute atomic E-state index is 0.0811. The Morgan fingerprint density at radius 3 is 2.29 bits per heavy atom. The number of benzene rings is 1. The third-order valence-corrected chi connectivity index (χ3v) is 1.79. The number of hydrogen-bond acceptors (Lipinski definition) is 3. The van der Waals surface area contributed by atoms with E-state index >= 15 is 0 Å². The van der Waals surface area contributed by atoms with Crippen molar-refractivity contribution in [2.75, 3.05) is 0 Å². The molecule has 5 nitrogen and oxygen atoms in total. The molecule has 1 aromatic carbocycles. The molecule has 0 aliphatic rings. The van der Waals surface area contributed by atoms with Gasteiger partial charge in [-0.3, -0.25) is 4.79 Å². The second-order valence-corrected chi connectivity index (χ2v) is 2.71. The number of carbonyl (C=O) groups is 2. The standard InChI is InChI=1S/C9H9NO4/c10-7(9(13)14)5-3-1-2-4-6(5)8(11)12/h1-4,7H,10H2,(H,11,12)(H,13,14). The van der Waals surface area contributed by atoms with Crippen LogP contribution in [0.1, 0.15) is 22.0 Å². The molecular formula is C9H9NO4. The van der Waals surface area contributed by atoms with Gasteiger partial charge in [0.15, 0.2) is 0 Å². The van der Waals surface area contributed by atoms with E-state index in [0.29, 0.717) is 0 Å². The number of aromatic carboxylic acids is 1. The maximum Gasteiger partial charge on any atom is 0.336 e. The van der Waals surface area contributed by atoms with Crippen LogP contribution < -0.4 is 5.73 Å². The van der Waals surface area contributed by atoms with E-state index in [4.69, 9.17) is 15.9 Å². The minimum atomic E-state index is -1.30. The van der Waals surface area contributed by atoms with Crippen LogP contribution in [0.4, 0.5) is 0 Å². The molecule has 0 saturated carbocycles. The Labute approximate surface area is 79.8 Å². The van der Waals surface area contributed by atoms with Gasteiger partial charge < -0.3 is 15.9 Å². The highest BCUT2D eigenvalue weighted by Gasteiger charge is 2.20. The molecular weight excluding hydrogens is 186 g/mol. The minimum Gasteiger partial charge on any atom is -0.480 e. The zero-order chi connectivity index (χ0) is 10.7. The van der Waals surface area contributed by atoms with Crippen molar-refractivity contribution in [1.29, 1.82) is 0 Å². The third kappa shape index (κ3) is 1.89. The molecule has 1 unspecified atom stereocenters. The number of hydrogen-bond donors (Lipinski definition) is 3. The molecule has 0 saturated heterocycles. The van der Waals surface area contributed by atoms with Crippen molar-refractivity contribution >= 4 is 11.9 Å². The lowest BCUT2D eigenvalue weighted by Crippen LogP contribution is -2.23. The van der Waals surface area contributed by atoms with E-state index < -0.39 is 18.0 Å². The van der Waals surface area contributed by atoms with Crippen molar-refractivity contribution in [3.8, 4) is 0 Å². The first-order chi connectivity index (χ1) is 6.54. The Hall–Kier alpha value is -1.88. The summed E-state index contributed by atoms with van der Waals surface area (Å²) in [5.74, 6) is -2.43. The fraction of sp³-hybridized carbons (Fsp3) is 0.111. The maximum atomic E-state index is 10.7. The molecule has 0 radical (unpaired) electrons. The zero-order valence-corrected chi connectivity index (χ0v) is 7.18. The molecule has 0 amide bonds. The molecule has 1 atom stereocenters. The monoisotopic (exact) mass is 195 g/mol. The van der Waals surface area contributed by atoms with Gasteiger partial charge in [-0.2, -0.15) is 0 Å². The number of carboxylic acid groups (broad SMARTS) is 2. The highest BCUT2D eigenvalue weighted by molar-refractivity contribution is 5.91. The average Bonchev–Trinajstić information content (AvgIpc) is 2.16. The summed E-state index contributed by atoms with van der Waals surface area (Å²) < 4.78 is 0. The predicted molar refractivity (Wildman–Crippen MR) is 48.0 cm³/mol. The second-order valence-electron chi connectivity index (χ2n) is 2.71. The van der Waals surface area contributed by atoms with E-state index in [-0.39, 0.29) is 11.1 Å². The Morgan fingerprint density at radius 2 is 1.79 bits per heavy atom. The summed E-state index contributed by atoms with van der Waals surface area (Å²) in [6.45, 7) is 0. The molecule has 0 spiro atoms. The molecule has 5 heteroatoms. The van der Waals surface area contributed by atoms with Gasteiger partial charge in [-0.05, 0) is 11.6 Å². The molecule has 1 rings (SSSR count). The summed E-state index contributed by atoms with van der Waals surface area (Å²) in [5, 5.41) is 17.4. The molecule has 0 aromatic heterocycles. The van der Waals surface area contributed by atoms with Crippen molar-refractivity contribution in [2.24, 2.45) is 5.73 Å². The summed E-state index contributed by atoms with van der Waals surface area (Å²) in [6.07, 6.45) is 0. The average molecular weight is 195 g/mol. The van der Waals surface area contributed by atoms with Crippen molar-refractivity contribution in [3.05, 3.63) is 35.4 Å². The van der Waals surface area contributed by atoms with E-state index in [1.165, 1.54) is 18.2 Å². The van der Waals surface area contributed by atoms with Crippen LogP contribution in [-0.2, 0) is 4.79 Å². The Morgan fingerprint density at radius 1 is 1.21 bits per heavy atom. The molecule has 0 bridgehead atoms. The van der Waals surface area contributed by atoms with Crippen molar-refractivity contribution in [3.63, 3.8) is 0 Å². The van der Waals surface area contributed by atoms with Crippen LogP contribution in [0.5, 0.6) is 0 Å². The van der Waals surface area contributed by atoms with Crippen LogP contribution in [-0.4, -0.2) is 22.2 Å². The third-order valence-electron chi connectivity index (χ3n) is 1.79. The first-order valence-corrected chi connectivity index (χ1v) is 3.84. The second kappa shape index (κ2) is 3.89. The molecule has 0 aliphatic carbocycles. The maximum absolute atomic E-state index is 10.7. The highest BCUT2D eigenvalue weighted by Crippen LogP contribution is 2.16. The molecule has 0 fully saturated rings. The van der Waals surface area contributed by atoms with Gasteiger partial charge in [0.1, 0.15) is 6.04 Å². The lowest BCUT2D eigenvalue weighted by Gasteiger charge is -2.09. The van der Waals surface area contributed by atoms with Gasteiger partial charge in [-0.15, -0.1) is 0 Å². The first-order valence-electron chi connectivity index (χ1n) is 3.84. The normalized spacial score (nSPS) is 12.1. The summed E-state index contributed by atoms with van der Waals surface area (Å²) in [5.41, 5.74) is 5.34. The zero-order valence-electron chi connectivity index (χ0n) is 7.18. The summed E-state index contributed by atoms with van der Waals surface area (Å²) in [7, 11) is 0. The van der Waals surface area contributed by atoms with Gasteiger partial charge in [0, 0.05) is 0 Å². The number of rotatable bonds is 3. The number of aliphatic carboxylic acids is 1. The largest absolute Gasteiger partial charge is 0.480 e. The highest BCUT2D eigenvalue weighted by atomic mass is 16.4. The smallest absolute Gasteiger partial charge is 0.336 e. The molecule has 14 heavy (non-hydrogen) atoms. The van der Waals surface area contributed by atoms with E-state index in [9.17, 15) is 9.59 Å². The van der Waals surface area contributed by atoms with E-state index in [0.717, 1.165) is 0 Å². The van der Waals surface area contributed by atoms with E-state index in [2.05, 4.69) is 0 Å². The molecule has 0 aliphatic heterocycles. The van der Waals surface area contributed by atoms with Gasteiger partial charge in [0.2, 0.25) is 0 Å². The van der Waals surface area contributed by atoms with E-state index in [1.807, 2.05) is 0 Å². The topological polar surface area (TPSA) is 101 Å². The number of nitrogens with two attached hydrogens (primary N) is 1. The predicted octanol–water partition coefficient (Wildman–Crippen LogP) is 0.469. The van der Waals surface area contributed by atoms with Crippen molar-refractivity contribution in [1.82, 2.24) is 0 Å². The van der Waals surface area contributed by atoms with Crippen LogP contribution in [0, 0.1) is 0 Å². The van der Waals surface area contributed by atoms with Crippen molar-refractivity contribution in [2.45, 2.75) is 6.04 Å². The molecule has 1 aromatic rings. The molecule has 4 N–H and O–H groups in total. The van der Waals surface area contributed by atoms with Gasteiger partial charge in [0.05, 0.1) is 5.56 Å². The fourth-order valence-electron chi connectivity index (χ4n) is 1.10. The van der Waals surface area contributed by atoms with Crippen molar-refractivity contribution < 1.29 is 19.8 Å².